The SMILES string of the molecule is CC(Sc1n[nH]c(C2CC2)n1)C(=O)NCc1ccc(Cl)cc1. The Balaban J connectivity index is 1.49. The highest BCUT2D eigenvalue weighted by Gasteiger charge is 2.27. The molecule has 1 aliphatic rings. The molecule has 22 heavy (non-hydrogen) atoms. The zero-order chi connectivity index (χ0) is 15.5. The third-order valence-electron chi connectivity index (χ3n) is 3.48. The maximum atomic E-state index is 12.1. The van der Waals surface area contributed by atoms with E-state index in [1.54, 1.807) is 0 Å². The molecule has 1 aromatic carbocycles. The minimum absolute atomic E-state index is 0.0299. The number of thioether (sulfide) groups is 1. The van der Waals surface area contributed by atoms with Gasteiger partial charge in [0.25, 0.3) is 0 Å². The Hall–Kier alpha value is -1.53. The van der Waals surface area contributed by atoms with Crippen LogP contribution in [0, 0.1) is 0 Å². The van der Waals surface area contributed by atoms with E-state index < -0.39 is 0 Å². The average Bonchev–Trinajstić information content (AvgIpc) is 3.26. The Morgan fingerprint density at radius 1 is 1.45 bits per heavy atom. The topological polar surface area (TPSA) is 70.7 Å². The monoisotopic (exact) mass is 336 g/mol. The van der Waals surface area contributed by atoms with Crippen LogP contribution in [0.5, 0.6) is 0 Å². The quantitative estimate of drug-likeness (QED) is 0.795. The molecule has 5 nitrogen and oxygen atoms in total. The van der Waals surface area contributed by atoms with E-state index in [1.807, 2.05) is 31.2 Å². The van der Waals surface area contributed by atoms with Crippen molar-refractivity contribution in [3.63, 3.8) is 0 Å². The van der Waals surface area contributed by atoms with Crippen LogP contribution in [0.3, 0.4) is 0 Å². The van der Waals surface area contributed by atoms with E-state index >= 15 is 0 Å². The Morgan fingerprint density at radius 2 is 2.18 bits per heavy atom. The Bertz CT molecular complexity index is 654. The summed E-state index contributed by atoms with van der Waals surface area (Å²) in [6.07, 6.45) is 2.35. The van der Waals surface area contributed by atoms with Gasteiger partial charge < -0.3 is 5.32 Å². The van der Waals surface area contributed by atoms with Gasteiger partial charge in [-0.3, -0.25) is 9.89 Å². The van der Waals surface area contributed by atoms with Crippen LogP contribution < -0.4 is 5.32 Å². The number of amides is 1. The van der Waals surface area contributed by atoms with Crippen LogP contribution in [0.2, 0.25) is 5.02 Å². The molecule has 7 heteroatoms. The van der Waals surface area contributed by atoms with Crippen LogP contribution in [0.1, 0.15) is 37.1 Å². The summed E-state index contributed by atoms with van der Waals surface area (Å²) in [7, 11) is 0. The minimum atomic E-state index is -0.241. The zero-order valence-electron chi connectivity index (χ0n) is 12.2. The lowest BCUT2D eigenvalue weighted by atomic mass is 10.2. The number of nitrogens with one attached hydrogen (secondary N) is 2. The van der Waals surface area contributed by atoms with Crippen LogP contribution in [0.4, 0.5) is 0 Å². The van der Waals surface area contributed by atoms with Gasteiger partial charge >= 0.3 is 0 Å². The maximum absolute atomic E-state index is 12.1. The number of rotatable bonds is 6. The van der Waals surface area contributed by atoms with Gasteiger partial charge in [-0.25, -0.2) is 4.98 Å². The number of hydrogen-bond donors (Lipinski definition) is 2. The lowest BCUT2D eigenvalue weighted by Gasteiger charge is -2.10. The predicted octanol–water partition coefficient (Wildman–Crippen LogP) is 3.13. The molecule has 0 bridgehead atoms. The van der Waals surface area contributed by atoms with Crippen molar-refractivity contribution >= 4 is 29.3 Å². The third-order valence-corrected chi connectivity index (χ3v) is 4.69. The summed E-state index contributed by atoms with van der Waals surface area (Å²) in [5.41, 5.74) is 1.02. The van der Waals surface area contributed by atoms with E-state index in [2.05, 4.69) is 20.5 Å². The van der Waals surface area contributed by atoms with Crippen molar-refractivity contribution in [1.29, 1.82) is 0 Å². The highest BCUT2D eigenvalue weighted by molar-refractivity contribution is 8.00. The first kappa shape index (κ1) is 15.4. The second kappa shape index (κ2) is 6.71. The number of carbonyl (C=O) groups is 1. The molecule has 1 unspecified atom stereocenters. The molecule has 0 saturated heterocycles. The summed E-state index contributed by atoms with van der Waals surface area (Å²) in [6, 6.07) is 7.43. The number of aromatic amines is 1. The highest BCUT2D eigenvalue weighted by Crippen LogP contribution is 2.38. The smallest absolute Gasteiger partial charge is 0.233 e. The zero-order valence-corrected chi connectivity index (χ0v) is 13.7. The number of nitrogens with zero attached hydrogens (tertiary/aromatic N) is 2. The van der Waals surface area contributed by atoms with Gasteiger partial charge in [0.05, 0.1) is 5.25 Å². The summed E-state index contributed by atoms with van der Waals surface area (Å²) in [5.74, 6) is 1.45. The van der Waals surface area contributed by atoms with Crippen molar-refractivity contribution in [3.05, 3.63) is 40.7 Å². The van der Waals surface area contributed by atoms with Crippen molar-refractivity contribution in [2.24, 2.45) is 0 Å². The molecule has 2 N–H and O–H groups in total. The molecule has 1 aliphatic carbocycles. The first-order valence-corrected chi connectivity index (χ1v) is 8.48. The first-order valence-electron chi connectivity index (χ1n) is 7.23. The van der Waals surface area contributed by atoms with E-state index in [1.165, 1.54) is 24.6 Å². The van der Waals surface area contributed by atoms with Gasteiger partial charge in [-0.2, -0.15) is 0 Å². The number of aromatic nitrogens is 3. The Labute approximate surface area is 138 Å². The van der Waals surface area contributed by atoms with Crippen LogP contribution in [0.25, 0.3) is 0 Å². The molecule has 1 heterocycles. The highest BCUT2D eigenvalue weighted by atomic mass is 35.5. The number of H-pyrrole nitrogens is 1. The summed E-state index contributed by atoms with van der Waals surface area (Å²) in [4.78, 5) is 16.5. The fourth-order valence-corrected chi connectivity index (χ4v) is 2.88. The predicted molar refractivity (Wildman–Crippen MR) is 87.0 cm³/mol. The number of benzene rings is 1. The van der Waals surface area contributed by atoms with E-state index in [0.29, 0.717) is 22.6 Å². The lowest BCUT2D eigenvalue weighted by Crippen LogP contribution is -2.30. The van der Waals surface area contributed by atoms with Gasteiger partial charge in [0.2, 0.25) is 11.1 Å². The fourth-order valence-electron chi connectivity index (χ4n) is 2.00. The number of carbonyl (C=O) groups excluding carboxylic acids is 1. The molecular formula is C15H17ClN4OS. The normalized spacial score (nSPS) is 15.5. The molecule has 116 valence electrons. The van der Waals surface area contributed by atoms with Crippen molar-refractivity contribution in [2.75, 3.05) is 0 Å². The maximum Gasteiger partial charge on any atom is 0.233 e. The van der Waals surface area contributed by atoms with E-state index in [-0.39, 0.29) is 11.2 Å². The molecule has 1 atom stereocenters. The summed E-state index contributed by atoms with van der Waals surface area (Å²) in [6.45, 7) is 2.34. The lowest BCUT2D eigenvalue weighted by molar-refractivity contribution is -0.120. The van der Waals surface area contributed by atoms with Gasteiger partial charge in [-0.15, -0.1) is 5.10 Å². The van der Waals surface area contributed by atoms with E-state index in [9.17, 15) is 4.79 Å². The Kier molecular flexibility index (Phi) is 4.69. The molecule has 1 amide bonds. The van der Waals surface area contributed by atoms with Gasteiger partial charge in [0, 0.05) is 17.5 Å². The molecule has 1 fully saturated rings. The van der Waals surface area contributed by atoms with Crippen molar-refractivity contribution < 1.29 is 4.79 Å². The molecule has 1 saturated carbocycles. The largest absolute Gasteiger partial charge is 0.351 e. The standard InChI is InChI=1S/C15H17ClN4OS/c1-9(22-15-18-13(19-20-15)11-4-5-11)14(21)17-8-10-2-6-12(16)7-3-10/h2-3,6-7,9,11H,4-5,8H2,1H3,(H,17,21)(H,18,19,20). The minimum Gasteiger partial charge on any atom is -0.351 e. The van der Waals surface area contributed by atoms with Gasteiger partial charge in [-0.1, -0.05) is 35.5 Å². The summed E-state index contributed by atoms with van der Waals surface area (Å²) >= 11 is 7.20. The molecule has 0 radical (unpaired) electrons. The van der Waals surface area contributed by atoms with Crippen molar-refractivity contribution in [3.8, 4) is 0 Å². The van der Waals surface area contributed by atoms with E-state index in [4.69, 9.17) is 11.6 Å². The van der Waals surface area contributed by atoms with Gasteiger partial charge in [0.1, 0.15) is 5.82 Å². The molecule has 3 rings (SSSR count). The van der Waals surface area contributed by atoms with Crippen molar-refractivity contribution in [2.45, 2.75) is 42.6 Å². The summed E-state index contributed by atoms with van der Waals surface area (Å²) < 4.78 is 0. The second-order valence-corrected chi connectivity index (χ2v) is 7.13. The molecular weight excluding hydrogens is 320 g/mol. The first-order chi connectivity index (χ1) is 10.6. The van der Waals surface area contributed by atoms with Crippen LogP contribution >= 0.6 is 23.4 Å². The second-order valence-electron chi connectivity index (χ2n) is 5.38. The molecule has 1 aromatic heterocycles. The van der Waals surface area contributed by atoms with Crippen LogP contribution in [-0.2, 0) is 11.3 Å². The van der Waals surface area contributed by atoms with Gasteiger partial charge in [-0.05, 0) is 37.5 Å². The average molecular weight is 337 g/mol. The molecule has 0 aliphatic heterocycles. The third kappa shape index (κ3) is 4.01. The van der Waals surface area contributed by atoms with Crippen molar-refractivity contribution in [1.82, 2.24) is 20.5 Å². The fraction of sp³-hybridized carbons (Fsp3) is 0.400. The van der Waals surface area contributed by atoms with Crippen LogP contribution in [-0.4, -0.2) is 26.3 Å². The molecule has 0 spiro atoms. The number of hydrogen-bond acceptors (Lipinski definition) is 4. The summed E-state index contributed by atoms with van der Waals surface area (Å²) in [5, 5.41) is 11.1. The van der Waals surface area contributed by atoms with Crippen LogP contribution in [0.15, 0.2) is 29.4 Å². The Morgan fingerprint density at radius 3 is 2.86 bits per heavy atom. The number of halogens is 1. The van der Waals surface area contributed by atoms with E-state index in [0.717, 1.165) is 11.4 Å². The molecule has 2 aromatic rings. The van der Waals surface area contributed by atoms with Gasteiger partial charge in [0.15, 0.2) is 0 Å².